The third-order valence-corrected chi connectivity index (χ3v) is 2.88. The Morgan fingerprint density at radius 3 is 2.82 bits per heavy atom. The van der Waals surface area contributed by atoms with Crippen molar-refractivity contribution in [1.29, 1.82) is 0 Å². The van der Waals surface area contributed by atoms with Crippen LogP contribution in [0.2, 0.25) is 0 Å². The van der Waals surface area contributed by atoms with Gasteiger partial charge in [0.15, 0.2) is 6.04 Å². The summed E-state index contributed by atoms with van der Waals surface area (Å²) in [5.74, 6) is -0.627. The summed E-state index contributed by atoms with van der Waals surface area (Å²) in [7, 11) is 3.88. The van der Waals surface area contributed by atoms with Crippen LogP contribution in [0.25, 0.3) is 0 Å². The highest BCUT2D eigenvalue weighted by Gasteiger charge is 2.24. The lowest BCUT2D eigenvalue weighted by atomic mass is 9.96. The van der Waals surface area contributed by atoms with E-state index in [9.17, 15) is 4.79 Å². The Balaban J connectivity index is 2.43. The minimum absolute atomic E-state index is 0.308. The van der Waals surface area contributed by atoms with Crippen molar-refractivity contribution in [2.75, 3.05) is 19.0 Å². The smallest absolute Gasteiger partial charge is 0.328 e. The first-order chi connectivity index (χ1) is 7.99. The lowest BCUT2D eigenvalue weighted by Gasteiger charge is -2.21. The third kappa shape index (κ3) is 2.08. The molecule has 0 bridgehead atoms. The van der Waals surface area contributed by atoms with Crippen molar-refractivity contribution in [3.8, 4) is 0 Å². The first-order valence-corrected chi connectivity index (χ1v) is 5.35. The summed E-state index contributed by atoms with van der Waals surface area (Å²) in [4.78, 5) is 16.9. The van der Waals surface area contributed by atoms with Crippen LogP contribution in [0.5, 0.6) is 0 Å². The molecule has 0 amide bonds. The van der Waals surface area contributed by atoms with E-state index in [1.807, 2.05) is 37.2 Å². The Kier molecular flexibility index (Phi) is 2.75. The van der Waals surface area contributed by atoms with Gasteiger partial charge < -0.3 is 15.7 Å². The van der Waals surface area contributed by atoms with Crippen molar-refractivity contribution in [1.82, 2.24) is 0 Å². The molecule has 0 saturated carbocycles. The Morgan fingerprint density at radius 1 is 1.53 bits per heavy atom. The van der Waals surface area contributed by atoms with E-state index in [0.29, 0.717) is 12.3 Å². The minimum Gasteiger partial charge on any atom is -0.480 e. The number of fused-ring (bicyclic) bond motifs is 1. The number of carboxylic acids is 1. The van der Waals surface area contributed by atoms with E-state index in [1.165, 1.54) is 0 Å². The summed E-state index contributed by atoms with van der Waals surface area (Å²) >= 11 is 0. The maximum Gasteiger partial charge on any atom is 0.328 e. The molecule has 1 aromatic carbocycles. The summed E-state index contributed by atoms with van der Waals surface area (Å²) in [5, 5.41) is 8.95. The Labute approximate surface area is 99.6 Å². The molecule has 0 unspecified atom stereocenters. The monoisotopic (exact) mass is 233 g/mol. The highest BCUT2D eigenvalue weighted by molar-refractivity contribution is 6.02. The van der Waals surface area contributed by atoms with Crippen LogP contribution in [0.15, 0.2) is 23.2 Å². The van der Waals surface area contributed by atoms with Crippen molar-refractivity contribution in [2.45, 2.75) is 12.5 Å². The van der Waals surface area contributed by atoms with Gasteiger partial charge in [0.25, 0.3) is 0 Å². The number of hydrogen-bond acceptors (Lipinski definition) is 4. The van der Waals surface area contributed by atoms with E-state index >= 15 is 0 Å². The summed E-state index contributed by atoms with van der Waals surface area (Å²) in [6.45, 7) is 0. The van der Waals surface area contributed by atoms with Gasteiger partial charge in [-0.1, -0.05) is 6.07 Å². The van der Waals surface area contributed by atoms with Crippen LogP contribution < -0.4 is 10.6 Å². The van der Waals surface area contributed by atoms with Crippen molar-refractivity contribution >= 4 is 17.5 Å². The number of aliphatic carboxylic acids is 1. The first-order valence-electron chi connectivity index (χ1n) is 5.35. The van der Waals surface area contributed by atoms with Gasteiger partial charge >= 0.3 is 5.97 Å². The molecule has 0 saturated heterocycles. The summed E-state index contributed by atoms with van der Waals surface area (Å²) < 4.78 is 0. The maximum atomic E-state index is 10.9. The Morgan fingerprint density at radius 2 is 2.24 bits per heavy atom. The van der Waals surface area contributed by atoms with Crippen LogP contribution >= 0.6 is 0 Å². The zero-order valence-corrected chi connectivity index (χ0v) is 9.84. The molecule has 90 valence electrons. The number of anilines is 1. The number of nitrogens with two attached hydrogens (primary N) is 1. The predicted molar refractivity (Wildman–Crippen MR) is 66.6 cm³/mol. The number of nitrogens with zero attached hydrogens (tertiary/aromatic N) is 2. The van der Waals surface area contributed by atoms with Crippen LogP contribution in [0.1, 0.15) is 11.1 Å². The van der Waals surface area contributed by atoms with Gasteiger partial charge in [-0.05, 0) is 17.7 Å². The van der Waals surface area contributed by atoms with Gasteiger partial charge in [0.05, 0.1) is 0 Å². The van der Waals surface area contributed by atoms with Gasteiger partial charge in [0, 0.05) is 31.8 Å². The molecule has 1 aliphatic rings. The molecule has 5 heteroatoms. The zero-order valence-electron chi connectivity index (χ0n) is 9.84. The molecule has 17 heavy (non-hydrogen) atoms. The number of benzene rings is 1. The summed E-state index contributed by atoms with van der Waals surface area (Å²) in [6.07, 6.45) is 0.402. The molecule has 3 N–H and O–H groups in total. The molecule has 0 aromatic heterocycles. The minimum atomic E-state index is -0.935. The van der Waals surface area contributed by atoms with Gasteiger partial charge in [0.1, 0.15) is 5.84 Å². The van der Waals surface area contributed by atoms with Crippen molar-refractivity contribution in [2.24, 2.45) is 10.7 Å². The zero-order chi connectivity index (χ0) is 12.6. The van der Waals surface area contributed by atoms with Crippen molar-refractivity contribution < 1.29 is 9.90 Å². The fourth-order valence-corrected chi connectivity index (χ4v) is 1.89. The van der Waals surface area contributed by atoms with E-state index in [1.54, 1.807) is 0 Å². The van der Waals surface area contributed by atoms with Gasteiger partial charge in [-0.25, -0.2) is 4.79 Å². The number of carbonyl (C=O) groups is 1. The molecule has 1 heterocycles. The molecule has 1 aromatic rings. The molecule has 2 rings (SSSR count). The fraction of sp³-hybridized carbons (Fsp3) is 0.333. The number of carboxylic acid groups (broad SMARTS) is 1. The van der Waals surface area contributed by atoms with E-state index in [4.69, 9.17) is 10.8 Å². The summed E-state index contributed by atoms with van der Waals surface area (Å²) in [6, 6.07) is 5.05. The molecule has 0 aliphatic carbocycles. The lowest BCUT2D eigenvalue weighted by Crippen LogP contribution is -2.31. The SMILES string of the molecule is CN(C)c1ccc2c(c1)C(N)=N[C@H](C(=O)O)C2. The van der Waals surface area contributed by atoms with E-state index in [2.05, 4.69) is 4.99 Å². The standard InChI is InChI=1S/C12H15N3O2/c1-15(2)8-4-3-7-5-10(12(16)17)14-11(13)9(7)6-8/h3-4,6,10H,5H2,1-2H3,(H2,13,14)(H,16,17)/t10-/m0/s1. The van der Waals surface area contributed by atoms with Gasteiger partial charge in [-0.3, -0.25) is 4.99 Å². The average Bonchev–Trinajstić information content (AvgIpc) is 2.28. The van der Waals surface area contributed by atoms with Crippen LogP contribution in [0, 0.1) is 0 Å². The largest absolute Gasteiger partial charge is 0.480 e. The van der Waals surface area contributed by atoms with Gasteiger partial charge in [0.2, 0.25) is 0 Å². The molecule has 0 spiro atoms. The molecule has 0 radical (unpaired) electrons. The highest BCUT2D eigenvalue weighted by Crippen LogP contribution is 2.23. The molecule has 1 atom stereocenters. The first kappa shape index (κ1) is 11.4. The lowest BCUT2D eigenvalue weighted by molar-refractivity contribution is -0.138. The molecule has 0 fully saturated rings. The molecule has 5 nitrogen and oxygen atoms in total. The predicted octanol–water partition coefficient (Wildman–Crippen LogP) is 0.467. The topological polar surface area (TPSA) is 78.9 Å². The second-order valence-electron chi connectivity index (χ2n) is 4.31. The number of rotatable bonds is 2. The number of hydrogen-bond donors (Lipinski definition) is 2. The van der Waals surface area contributed by atoms with Crippen molar-refractivity contribution in [3.63, 3.8) is 0 Å². The van der Waals surface area contributed by atoms with E-state index < -0.39 is 12.0 Å². The van der Waals surface area contributed by atoms with Gasteiger partial charge in [-0.15, -0.1) is 0 Å². The molecular weight excluding hydrogens is 218 g/mol. The second kappa shape index (κ2) is 4.08. The fourth-order valence-electron chi connectivity index (χ4n) is 1.89. The Bertz CT molecular complexity index is 495. The van der Waals surface area contributed by atoms with E-state index in [-0.39, 0.29) is 0 Å². The summed E-state index contributed by atoms with van der Waals surface area (Å²) in [5.41, 5.74) is 8.62. The van der Waals surface area contributed by atoms with Crippen LogP contribution in [0.3, 0.4) is 0 Å². The average molecular weight is 233 g/mol. The number of aliphatic imine (C=N–C) groups is 1. The quantitative estimate of drug-likeness (QED) is 0.778. The van der Waals surface area contributed by atoms with Crippen LogP contribution in [-0.4, -0.2) is 37.0 Å². The second-order valence-corrected chi connectivity index (χ2v) is 4.31. The third-order valence-electron chi connectivity index (χ3n) is 2.88. The molecule has 1 aliphatic heterocycles. The Hall–Kier alpha value is -2.04. The maximum absolute atomic E-state index is 10.9. The molecular formula is C12H15N3O2. The van der Waals surface area contributed by atoms with E-state index in [0.717, 1.165) is 16.8 Å². The van der Waals surface area contributed by atoms with Crippen molar-refractivity contribution in [3.05, 3.63) is 29.3 Å². The normalized spacial score (nSPS) is 18.2. The van der Waals surface area contributed by atoms with Crippen LogP contribution in [0.4, 0.5) is 5.69 Å². The number of amidine groups is 1. The highest BCUT2D eigenvalue weighted by atomic mass is 16.4. The van der Waals surface area contributed by atoms with Gasteiger partial charge in [-0.2, -0.15) is 0 Å². The van der Waals surface area contributed by atoms with Crippen LogP contribution in [-0.2, 0) is 11.2 Å².